The Hall–Kier alpha value is -3.13. The maximum absolute atomic E-state index is 13.1. The molecule has 3 aromatic rings. The molecule has 0 fully saturated rings. The second-order valence-electron chi connectivity index (χ2n) is 6.51. The predicted molar refractivity (Wildman–Crippen MR) is 115 cm³/mol. The lowest BCUT2D eigenvalue weighted by atomic mass is 10.2. The lowest BCUT2D eigenvalue weighted by Crippen LogP contribution is -2.24. The fraction of sp³-hybridized carbons (Fsp3) is 0.227. The van der Waals surface area contributed by atoms with Gasteiger partial charge in [0, 0.05) is 13.1 Å². The molecular formula is C22H23FN4O2S. The zero-order valence-corrected chi connectivity index (χ0v) is 17.4. The average Bonchev–Trinajstić information content (AvgIpc) is 3.16. The number of hydrogen-bond donors (Lipinski definition) is 1. The molecule has 6 nitrogen and oxygen atoms in total. The number of nitrogens with zero attached hydrogens (tertiary/aromatic N) is 3. The van der Waals surface area contributed by atoms with Crippen molar-refractivity contribution in [1.29, 1.82) is 0 Å². The van der Waals surface area contributed by atoms with E-state index in [9.17, 15) is 9.18 Å². The van der Waals surface area contributed by atoms with Crippen molar-refractivity contribution in [3.63, 3.8) is 0 Å². The first-order valence-electron chi connectivity index (χ1n) is 9.46. The van der Waals surface area contributed by atoms with Crippen LogP contribution < -0.4 is 10.1 Å². The molecular weight excluding hydrogens is 403 g/mol. The fourth-order valence-electron chi connectivity index (χ4n) is 2.76. The van der Waals surface area contributed by atoms with E-state index in [1.165, 1.54) is 23.9 Å². The molecule has 1 aromatic heterocycles. The van der Waals surface area contributed by atoms with Gasteiger partial charge in [0.15, 0.2) is 17.1 Å². The molecule has 8 heteroatoms. The van der Waals surface area contributed by atoms with E-state index in [2.05, 4.69) is 22.1 Å². The van der Waals surface area contributed by atoms with Gasteiger partial charge in [-0.1, -0.05) is 48.2 Å². The first-order valence-corrected chi connectivity index (χ1v) is 10.4. The minimum Gasteiger partial charge on any atom is -0.483 e. The largest absolute Gasteiger partial charge is 0.483 e. The normalized spacial score (nSPS) is 11.7. The summed E-state index contributed by atoms with van der Waals surface area (Å²) in [5, 5.41) is 11.9. The highest BCUT2D eigenvalue weighted by atomic mass is 32.2. The van der Waals surface area contributed by atoms with E-state index in [1.54, 1.807) is 18.2 Å². The number of thioether (sulfide) groups is 1. The molecule has 0 spiro atoms. The molecule has 0 aliphatic carbocycles. The Bertz CT molecular complexity index is 977. The molecule has 156 valence electrons. The number of aromatic nitrogens is 3. The zero-order chi connectivity index (χ0) is 21.3. The van der Waals surface area contributed by atoms with Gasteiger partial charge in [0.25, 0.3) is 0 Å². The Morgan fingerprint density at radius 1 is 1.23 bits per heavy atom. The molecule has 0 saturated heterocycles. The number of ether oxygens (including phenoxy) is 1. The van der Waals surface area contributed by atoms with E-state index in [-0.39, 0.29) is 17.5 Å². The van der Waals surface area contributed by atoms with Crippen molar-refractivity contribution in [1.82, 2.24) is 20.1 Å². The van der Waals surface area contributed by atoms with Gasteiger partial charge in [-0.3, -0.25) is 9.36 Å². The molecule has 0 bridgehead atoms. The van der Waals surface area contributed by atoms with Crippen LogP contribution in [0.1, 0.15) is 24.4 Å². The highest BCUT2D eigenvalue weighted by Gasteiger charge is 2.19. The van der Waals surface area contributed by atoms with Crippen LogP contribution in [0.15, 0.2) is 72.4 Å². The molecule has 0 radical (unpaired) electrons. The monoisotopic (exact) mass is 426 g/mol. The van der Waals surface area contributed by atoms with Crippen molar-refractivity contribution in [3.05, 3.63) is 84.5 Å². The van der Waals surface area contributed by atoms with Gasteiger partial charge in [-0.2, -0.15) is 0 Å². The number of rotatable bonds is 10. The maximum Gasteiger partial charge on any atom is 0.230 e. The molecule has 1 N–H and O–H groups in total. The Morgan fingerprint density at radius 3 is 2.67 bits per heavy atom. The van der Waals surface area contributed by atoms with Gasteiger partial charge in [0.2, 0.25) is 5.91 Å². The van der Waals surface area contributed by atoms with E-state index in [1.807, 2.05) is 41.8 Å². The molecule has 0 aliphatic heterocycles. The maximum atomic E-state index is 13.1. The summed E-state index contributed by atoms with van der Waals surface area (Å²) in [4.78, 5) is 12.2. The van der Waals surface area contributed by atoms with E-state index in [0.29, 0.717) is 29.8 Å². The third-order valence-corrected chi connectivity index (χ3v) is 5.18. The molecule has 1 atom stereocenters. The second-order valence-corrected chi connectivity index (χ2v) is 7.45. The van der Waals surface area contributed by atoms with E-state index in [0.717, 1.165) is 5.56 Å². The van der Waals surface area contributed by atoms with Crippen LogP contribution in [-0.4, -0.2) is 26.4 Å². The van der Waals surface area contributed by atoms with Gasteiger partial charge in [0.1, 0.15) is 11.6 Å². The Balaban J connectivity index is 1.61. The van der Waals surface area contributed by atoms with Crippen LogP contribution in [-0.2, 0) is 17.9 Å². The van der Waals surface area contributed by atoms with Crippen LogP contribution in [0.5, 0.6) is 5.75 Å². The van der Waals surface area contributed by atoms with Crippen molar-refractivity contribution in [2.24, 2.45) is 0 Å². The van der Waals surface area contributed by atoms with Crippen molar-refractivity contribution in [2.75, 3.05) is 5.75 Å². The molecule has 1 unspecified atom stereocenters. The van der Waals surface area contributed by atoms with Crippen LogP contribution >= 0.6 is 11.8 Å². The summed E-state index contributed by atoms with van der Waals surface area (Å²) in [6, 6.07) is 15.5. The summed E-state index contributed by atoms with van der Waals surface area (Å²) < 4.78 is 20.8. The first kappa shape index (κ1) is 21.6. The number of carbonyl (C=O) groups excluding carboxylic acids is 1. The first-order chi connectivity index (χ1) is 14.6. The minimum absolute atomic E-state index is 0.0887. The Kier molecular flexibility index (Phi) is 7.62. The van der Waals surface area contributed by atoms with E-state index >= 15 is 0 Å². The molecule has 30 heavy (non-hydrogen) atoms. The van der Waals surface area contributed by atoms with Crippen molar-refractivity contribution in [3.8, 4) is 5.75 Å². The Labute approximate surface area is 179 Å². The van der Waals surface area contributed by atoms with Gasteiger partial charge in [-0.05, 0) is 36.8 Å². The number of nitrogens with one attached hydrogen (secondary N) is 1. The minimum atomic E-state index is -0.413. The fourth-order valence-corrected chi connectivity index (χ4v) is 3.54. The lowest BCUT2D eigenvalue weighted by Gasteiger charge is -2.15. The second kappa shape index (κ2) is 10.6. The quantitative estimate of drug-likeness (QED) is 0.390. The number of benzene rings is 2. The van der Waals surface area contributed by atoms with Gasteiger partial charge in [-0.15, -0.1) is 16.8 Å². The van der Waals surface area contributed by atoms with Crippen molar-refractivity contribution < 1.29 is 13.9 Å². The smallest absolute Gasteiger partial charge is 0.230 e. The van der Waals surface area contributed by atoms with Crippen LogP contribution in [0.2, 0.25) is 0 Å². The van der Waals surface area contributed by atoms with Gasteiger partial charge >= 0.3 is 0 Å². The highest BCUT2D eigenvalue weighted by molar-refractivity contribution is 7.99. The highest BCUT2D eigenvalue weighted by Crippen LogP contribution is 2.24. The molecule has 0 saturated carbocycles. The molecule has 3 rings (SSSR count). The molecule has 2 aromatic carbocycles. The van der Waals surface area contributed by atoms with Crippen LogP contribution in [0, 0.1) is 5.82 Å². The topological polar surface area (TPSA) is 69.0 Å². The molecule has 1 amide bonds. The van der Waals surface area contributed by atoms with Gasteiger partial charge in [0.05, 0.1) is 5.75 Å². The van der Waals surface area contributed by atoms with Crippen LogP contribution in [0.3, 0.4) is 0 Å². The lowest BCUT2D eigenvalue weighted by molar-refractivity contribution is -0.118. The summed E-state index contributed by atoms with van der Waals surface area (Å²) in [5.41, 5.74) is 1.04. The summed E-state index contributed by atoms with van der Waals surface area (Å²) in [6.45, 7) is 6.58. The third kappa shape index (κ3) is 5.93. The SMILES string of the molecule is C=CCn1c(SCC(=O)NCc2ccccc2)nnc1C(C)Oc1ccc(F)cc1. The zero-order valence-electron chi connectivity index (χ0n) is 16.6. The number of hydrogen-bond acceptors (Lipinski definition) is 5. The Morgan fingerprint density at radius 2 is 1.97 bits per heavy atom. The summed E-state index contributed by atoms with van der Waals surface area (Å²) in [5.74, 6) is 0.941. The van der Waals surface area contributed by atoms with E-state index in [4.69, 9.17) is 4.74 Å². The van der Waals surface area contributed by atoms with Crippen molar-refractivity contribution in [2.45, 2.75) is 31.3 Å². The van der Waals surface area contributed by atoms with E-state index < -0.39 is 6.10 Å². The summed E-state index contributed by atoms with van der Waals surface area (Å²) in [7, 11) is 0. The summed E-state index contributed by atoms with van der Waals surface area (Å²) in [6.07, 6.45) is 1.32. The number of carbonyl (C=O) groups is 1. The van der Waals surface area contributed by atoms with Crippen molar-refractivity contribution >= 4 is 17.7 Å². The average molecular weight is 427 g/mol. The predicted octanol–water partition coefficient (Wildman–Crippen LogP) is 4.15. The standard InChI is InChI=1S/C22H23FN4O2S/c1-3-13-27-21(16(2)29-19-11-9-18(23)10-12-19)25-26-22(27)30-15-20(28)24-14-17-7-5-4-6-8-17/h3-12,16H,1,13-15H2,2H3,(H,24,28). The van der Waals surface area contributed by atoms with Gasteiger partial charge < -0.3 is 10.1 Å². The number of allylic oxidation sites excluding steroid dienone is 1. The van der Waals surface area contributed by atoms with Crippen LogP contribution in [0.4, 0.5) is 4.39 Å². The van der Waals surface area contributed by atoms with Gasteiger partial charge in [-0.25, -0.2) is 4.39 Å². The molecule has 0 aliphatic rings. The summed E-state index contributed by atoms with van der Waals surface area (Å²) >= 11 is 1.30. The molecule has 1 heterocycles. The number of amides is 1. The number of halogens is 1. The third-order valence-electron chi connectivity index (χ3n) is 4.21. The van der Waals surface area contributed by atoms with Crippen LogP contribution in [0.25, 0.3) is 0 Å².